The average molecular weight is 257 g/mol. The van der Waals surface area contributed by atoms with Crippen molar-refractivity contribution in [1.29, 1.82) is 0 Å². The fourth-order valence-corrected chi connectivity index (χ4v) is 2.51. The van der Waals surface area contributed by atoms with Gasteiger partial charge >= 0.3 is 0 Å². The molecule has 1 atom stereocenters. The van der Waals surface area contributed by atoms with E-state index in [0.717, 1.165) is 5.69 Å². The number of benzene rings is 1. The summed E-state index contributed by atoms with van der Waals surface area (Å²) in [6.07, 6.45) is 0.337. The van der Waals surface area contributed by atoms with Crippen LogP contribution in [-0.2, 0) is 10.0 Å². The van der Waals surface area contributed by atoms with Crippen LogP contribution in [-0.4, -0.2) is 32.7 Å². The van der Waals surface area contributed by atoms with E-state index in [4.69, 9.17) is 10.9 Å². The van der Waals surface area contributed by atoms with E-state index in [-0.39, 0.29) is 11.0 Å². The molecule has 94 valence electrons. The molecule has 2 rings (SSSR count). The second-order valence-electron chi connectivity index (χ2n) is 4.15. The molecule has 1 aliphatic rings. The van der Waals surface area contributed by atoms with Crippen LogP contribution in [0.15, 0.2) is 23.1 Å². The van der Waals surface area contributed by atoms with Gasteiger partial charge in [0, 0.05) is 13.1 Å². The SMILES string of the molecule is Nc1cc(S(N)(=O)=O)ccc1N1CCC(O)C1. The van der Waals surface area contributed by atoms with Crippen LogP contribution in [0.5, 0.6) is 0 Å². The minimum atomic E-state index is -3.72. The molecule has 1 aliphatic heterocycles. The van der Waals surface area contributed by atoms with E-state index < -0.39 is 10.0 Å². The van der Waals surface area contributed by atoms with Gasteiger partial charge in [-0.3, -0.25) is 0 Å². The van der Waals surface area contributed by atoms with Gasteiger partial charge in [-0.15, -0.1) is 0 Å². The Morgan fingerprint density at radius 2 is 2.12 bits per heavy atom. The van der Waals surface area contributed by atoms with Gasteiger partial charge in [0.25, 0.3) is 0 Å². The molecular weight excluding hydrogens is 242 g/mol. The van der Waals surface area contributed by atoms with Crippen molar-refractivity contribution in [3.05, 3.63) is 18.2 Å². The summed E-state index contributed by atoms with van der Waals surface area (Å²) < 4.78 is 22.3. The molecule has 0 radical (unpaired) electrons. The maximum absolute atomic E-state index is 11.1. The lowest BCUT2D eigenvalue weighted by Crippen LogP contribution is -2.22. The number of nitrogen functional groups attached to an aromatic ring is 1. The number of nitrogens with zero attached hydrogens (tertiary/aromatic N) is 1. The summed E-state index contributed by atoms with van der Waals surface area (Å²) in [5.74, 6) is 0. The molecule has 0 bridgehead atoms. The van der Waals surface area contributed by atoms with Gasteiger partial charge in [0.15, 0.2) is 0 Å². The van der Waals surface area contributed by atoms with Crippen LogP contribution in [0.4, 0.5) is 11.4 Å². The molecule has 0 aliphatic carbocycles. The number of sulfonamides is 1. The largest absolute Gasteiger partial charge is 0.397 e. The summed E-state index contributed by atoms with van der Waals surface area (Å²) in [5.41, 5.74) is 6.88. The Labute approximate surface area is 99.9 Å². The average Bonchev–Trinajstić information content (AvgIpc) is 2.63. The van der Waals surface area contributed by atoms with Crippen LogP contribution in [0, 0.1) is 0 Å². The van der Waals surface area contributed by atoms with Crippen molar-refractivity contribution >= 4 is 21.4 Å². The van der Waals surface area contributed by atoms with Crippen molar-refractivity contribution in [3.63, 3.8) is 0 Å². The predicted octanol–water partition coefficient (Wildman–Crippen LogP) is -0.513. The van der Waals surface area contributed by atoms with Gasteiger partial charge in [0.05, 0.1) is 22.4 Å². The number of anilines is 2. The normalized spacial score (nSPS) is 20.8. The molecule has 7 heteroatoms. The molecule has 17 heavy (non-hydrogen) atoms. The first kappa shape index (κ1) is 12.2. The fraction of sp³-hybridized carbons (Fsp3) is 0.400. The molecule has 1 unspecified atom stereocenters. The van der Waals surface area contributed by atoms with E-state index in [1.54, 1.807) is 6.07 Å². The monoisotopic (exact) mass is 257 g/mol. The number of hydrogen-bond donors (Lipinski definition) is 3. The number of nitrogens with two attached hydrogens (primary N) is 2. The quantitative estimate of drug-likeness (QED) is 0.618. The van der Waals surface area contributed by atoms with Crippen LogP contribution in [0.1, 0.15) is 6.42 Å². The van der Waals surface area contributed by atoms with Gasteiger partial charge < -0.3 is 15.7 Å². The molecule has 0 saturated carbocycles. The fourth-order valence-electron chi connectivity index (χ4n) is 1.96. The molecule has 1 heterocycles. The minimum absolute atomic E-state index is 0.00139. The Morgan fingerprint density at radius 1 is 1.41 bits per heavy atom. The third-order valence-electron chi connectivity index (χ3n) is 2.83. The van der Waals surface area contributed by atoms with Crippen LogP contribution >= 0.6 is 0 Å². The number of aliphatic hydroxyl groups excluding tert-OH is 1. The Kier molecular flexibility index (Phi) is 2.98. The van der Waals surface area contributed by atoms with E-state index >= 15 is 0 Å². The van der Waals surface area contributed by atoms with Crippen LogP contribution < -0.4 is 15.8 Å². The van der Waals surface area contributed by atoms with Gasteiger partial charge in [-0.05, 0) is 24.6 Å². The molecule has 0 spiro atoms. The lowest BCUT2D eigenvalue weighted by molar-refractivity contribution is 0.198. The summed E-state index contributed by atoms with van der Waals surface area (Å²) >= 11 is 0. The maximum Gasteiger partial charge on any atom is 0.238 e. The first-order valence-corrected chi connectivity index (χ1v) is 6.78. The van der Waals surface area contributed by atoms with E-state index in [9.17, 15) is 13.5 Å². The van der Waals surface area contributed by atoms with Crippen molar-refractivity contribution < 1.29 is 13.5 Å². The standard InChI is InChI=1S/C10H15N3O3S/c11-9-5-8(17(12,15)16)1-2-10(9)13-4-3-7(14)6-13/h1-2,5,7,14H,3-4,6,11H2,(H2,12,15,16). The van der Waals surface area contributed by atoms with E-state index in [1.165, 1.54) is 12.1 Å². The molecule has 5 N–H and O–H groups in total. The Morgan fingerprint density at radius 3 is 2.59 bits per heavy atom. The topological polar surface area (TPSA) is 110 Å². The first-order valence-electron chi connectivity index (χ1n) is 5.23. The molecule has 0 amide bonds. The van der Waals surface area contributed by atoms with Crippen molar-refractivity contribution in [3.8, 4) is 0 Å². The van der Waals surface area contributed by atoms with Gasteiger partial charge in [0.2, 0.25) is 10.0 Å². The summed E-state index contributed by atoms with van der Waals surface area (Å²) in [6.45, 7) is 1.22. The number of aliphatic hydroxyl groups is 1. The second-order valence-corrected chi connectivity index (χ2v) is 5.72. The zero-order valence-corrected chi connectivity index (χ0v) is 10.0. The van der Waals surface area contributed by atoms with Crippen LogP contribution in [0.2, 0.25) is 0 Å². The highest BCUT2D eigenvalue weighted by Gasteiger charge is 2.22. The third-order valence-corrected chi connectivity index (χ3v) is 3.74. The lowest BCUT2D eigenvalue weighted by atomic mass is 10.2. The zero-order valence-electron chi connectivity index (χ0n) is 9.20. The molecule has 1 saturated heterocycles. The molecular formula is C10H15N3O3S. The number of primary sulfonamides is 1. The van der Waals surface area contributed by atoms with Gasteiger partial charge in [-0.2, -0.15) is 0 Å². The van der Waals surface area contributed by atoms with Crippen molar-refractivity contribution in [2.75, 3.05) is 23.7 Å². The summed E-state index contributed by atoms with van der Waals surface area (Å²) in [6, 6.07) is 4.38. The van der Waals surface area contributed by atoms with Gasteiger partial charge in [0.1, 0.15) is 0 Å². The number of hydrogen-bond acceptors (Lipinski definition) is 5. The summed E-state index contributed by atoms with van der Waals surface area (Å²) in [5, 5.41) is 14.5. The molecule has 6 nitrogen and oxygen atoms in total. The third kappa shape index (κ3) is 2.51. The lowest BCUT2D eigenvalue weighted by Gasteiger charge is -2.20. The van der Waals surface area contributed by atoms with E-state index in [0.29, 0.717) is 25.2 Å². The maximum atomic E-state index is 11.1. The Balaban J connectivity index is 2.32. The molecule has 1 aromatic carbocycles. The zero-order chi connectivity index (χ0) is 12.6. The van der Waals surface area contributed by atoms with E-state index in [2.05, 4.69) is 0 Å². The van der Waals surface area contributed by atoms with E-state index in [1.807, 2.05) is 4.90 Å². The Hall–Kier alpha value is -1.31. The highest BCUT2D eigenvalue weighted by atomic mass is 32.2. The predicted molar refractivity (Wildman–Crippen MR) is 65.1 cm³/mol. The van der Waals surface area contributed by atoms with Gasteiger partial charge in [-0.1, -0.05) is 0 Å². The van der Waals surface area contributed by atoms with Crippen LogP contribution in [0.3, 0.4) is 0 Å². The smallest absolute Gasteiger partial charge is 0.238 e. The summed E-state index contributed by atoms with van der Waals surface area (Å²) in [4.78, 5) is 1.92. The Bertz CT molecular complexity index is 530. The number of β-amino-alcohol motifs (C(OH)–C–C–N with tert-alkyl or cyclic N) is 1. The van der Waals surface area contributed by atoms with Gasteiger partial charge in [-0.25, -0.2) is 13.6 Å². The van der Waals surface area contributed by atoms with Crippen molar-refractivity contribution in [2.45, 2.75) is 17.4 Å². The first-order chi connectivity index (χ1) is 7.88. The van der Waals surface area contributed by atoms with Crippen molar-refractivity contribution in [1.82, 2.24) is 0 Å². The second kappa shape index (κ2) is 4.17. The molecule has 1 fully saturated rings. The highest BCUT2D eigenvalue weighted by Crippen LogP contribution is 2.28. The summed E-state index contributed by atoms with van der Waals surface area (Å²) in [7, 11) is -3.72. The molecule has 1 aromatic rings. The van der Waals surface area contributed by atoms with Crippen molar-refractivity contribution in [2.24, 2.45) is 5.14 Å². The molecule has 0 aromatic heterocycles. The highest BCUT2D eigenvalue weighted by molar-refractivity contribution is 7.89. The number of rotatable bonds is 2. The minimum Gasteiger partial charge on any atom is -0.397 e. The van der Waals surface area contributed by atoms with Crippen LogP contribution in [0.25, 0.3) is 0 Å².